The van der Waals surface area contributed by atoms with Gasteiger partial charge in [0.2, 0.25) is 0 Å². The lowest BCUT2D eigenvalue weighted by atomic mass is 9.60. The molecule has 0 amide bonds. The summed E-state index contributed by atoms with van der Waals surface area (Å²) >= 11 is 0. The molecule has 31 heavy (non-hydrogen) atoms. The first kappa shape index (κ1) is 25.0. The summed E-state index contributed by atoms with van der Waals surface area (Å²) in [5.74, 6) is -1.13. The van der Waals surface area contributed by atoms with Crippen molar-refractivity contribution in [1.82, 2.24) is 0 Å². The van der Waals surface area contributed by atoms with Gasteiger partial charge < -0.3 is 14.9 Å². The molecule has 3 unspecified atom stereocenters. The molecule has 2 aliphatic rings. The highest BCUT2D eigenvalue weighted by atomic mass is 16.5. The molecule has 6 atom stereocenters. The van der Waals surface area contributed by atoms with E-state index >= 15 is 0 Å². The number of rotatable bonds is 7. The summed E-state index contributed by atoms with van der Waals surface area (Å²) in [6.07, 6.45) is 11.5. The average molecular weight is 429 g/mol. The Hall–Kier alpha value is -2.24. The zero-order chi connectivity index (χ0) is 23.3. The molecule has 2 N–H and O–H groups in total. The maximum atomic E-state index is 12.7. The second kappa shape index (κ2) is 10.4. The Morgan fingerprint density at radius 2 is 1.97 bits per heavy atom. The number of aliphatic hydroxyl groups excluding tert-OH is 2. The number of fused-ring (bicyclic) bond motifs is 1. The van der Waals surface area contributed by atoms with E-state index in [2.05, 4.69) is 6.92 Å². The van der Waals surface area contributed by atoms with Crippen LogP contribution in [0.2, 0.25) is 0 Å². The molecule has 0 fully saturated rings. The number of hydrogen-bond donors (Lipinski definition) is 2. The van der Waals surface area contributed by atoms with Gasteiger partial charge in [0.25, 0.3) is 0 Å². The van der Waals surface area contributed by atoms with Gasteiger partial charge in [-0.3, -0.25) is 9.59 Å². The Morgan fingerprint density at radius 1 is 1.29 bits per heavy atom. The summed E-state index contributed by atoms with van der Waals surface area (Å²) in [4.78, 5) is 25.1. The van der Waals surface area contributed by atoms with Crippen molar-refractivity contribution in [3.63, 3.8) is 0 Å². The summed E-state index contributed by atoms with van der Waals surface area (Å²) < 4.78 is 5.78. The van der Waals surface area contributed by atoms with Crippen molar-refractivity contribution in [2.24, 2.45) is 17.3 Å². The molecule has 0 aromatic carbocycles. The van der Waals surface area contributed by atoms with Crippen LogP contribution in [0.15, 0.2) is 59.3 Å². The quantitative estimate of drug-likeness (QED) is 0.360. The number of ether oxygens (including phenoxy) is 1. The van der Waals surface area contributed by atoms with E-state index < -0.39 is 30.2 Å². The van der Waals surface area contributed by atoms with Gasteiger partial charge in [0.05, 0.1) is 18.1 Å². The number of carbonyl (C=O) groups excluding carboxylic acids is 2. The van der Waals surface area contributed by atoms with Crippen molar-refractivity contribution in [3.8, 4) is 0 Å². The predicted molar refractivity (Wildman–Crippen MR) is 122 cm³/mol. The second-order valence-corrected chi connectivity index (χ2v) is 9.26. The van der Waals surface area contributed by atoms with Crippen molar-refractivity contribution in [2.45, 2.75) is 72.7 Å². The van der Waals surface area contributed by atoms with Gasteiger partial charge in [0.1, 0.15) is 6.10 Å². The second-order valence-electron chi connectivity index (χ2n) is 9.26. The molecule has 0 heterocycles. The molecular formula is C26H36O5. The smallest absolute Gasteiger partial charge is 0.312 e. The molecule has 0 spiro atoms. The highest BCUT2D eigenvalue weighted by molar-refractivity contribution is 6.06. The van der Waals surface area contributed by atoms with Gasteiger partial charge in [-0.1, -0.05) is 49.8 Å². The molecular weight excluding hydrogens is 392 g/mol. The van der Waals surface area contributed by atoms with E-state index in [1.165, 1.54) is 0 Å². The molecule has 170 valence electrons. The highest BCUT2D eigenvalue weighted by Gasteiger charge is 2.45. The molecule has 0 radical (unpaired) electrons. The van der Waals surface area contributed by atoms with Crippen LogP contribution in [0.5, 0.6) is 0 Å². The molecule has 5 heteroatoms. The van der Waals surface area contributed by atoms with Crippen LogP contribution >= 0.6 is 0 Å². The van der Waals surface area contributed by atoms with Crippen molar-refractivity contribution in [3.05, 3.63) is 59.3 Å². The normalized spacial score (nSPS) is 29.0. The van der Waals surface area contributed by atoms with E-state index in [0.717, 1.165) is 16.7 Å². The van der Waals surface area contributed by atoms with Crippen LogP contribution in [0.4, 0.5) is 0 Å². The van der Waals surface area contributed by atoms with Crippen molar-refractivity contribution in [1.29, 1.82) is 0 Å². The summed E-state index contributed by atoms with van der Waals surface area (Å²) in [5.41, 5.74) is 2.53. The third-order valence-electron chi connectivity index (χ3n) is 6.52. The lowest BCUT2D eigenvalue weighted by Crippen LogP contribution is -2.43. The summed E-state index contributed by atoms with van der Waals surface area (Å²) in [6, 6.07) is 0. The van der Waals surface area contributed by atoms with E-state index in [-0.39, 0.29) is 17.1 Å². The van der Waals surface area contributed by atoms with Gasteiger partial charge in [-0.2, -0.15) is 0 Å². The number of hydrogen-bond acceptors (Lipinski definition) is 5. The first-order valence-electron chi connectivity index (χ1n) is 11.0. The molecule has 0 aromatic heterocycles. The molecule has 0 bridgehead atoms. The van der Waals surface area contributed by atoms with Gasteiger partial charge in [-0.05, 0) is 63.8 Å². The third-order valence-corrected chi connectivity index (χ3v) is 6.52. The lowest BCUT2D eigenvalue weighted by molar-refractivity contribution is -0.158. The number of esters is 1. The number of carbonyl (C=O) groups is 2. The molecule has 0 aliphatic heterocycles. The topological polar surface area (TPSA) is 83.8 Å². The van der Waals surface area contributed by atoms with Gasteiger partial charge in [-0.15, -0.1) is 0 Å². The highest BCUT2D eigenvalue weighted by Crippen LogP contribution is 2.50. The van der Waals surface area contributed by atoms with Gasteiger partial charge >= 0.3 is 5.97 Å². The minimum Gasteiger partial charge on any atom is -0.458 e. The van der Waals surface area contributed by atoms with Crippen LogP contribution < -0.4 is 0 Å². The molecule has 2 aliphatic carbocycles. The van der Waals surface area contributed by atoms with Crippen LogP contribution in [0.3, 0.4) is 0 Å². The Morgan fingerprint density at radius 3 is 2.58 bits per heavy atom. The van der Waals surface area contributed by atoms with E-state index in [4.69, 9.17) is 4.74 Å². The lowest BCUT2D eigenvalue weighted by Gasteiger charge is -2.45. The molecule has 0 saturated carbocycles. The first-order valence-corrected chi connectivity index (χ1v) is 11.0. The molecule has 0 saturated heterocycles. The number of allylic oxidation sites excluding steroid dienone is 7. The fraction of sp³-hybridized carbons (Fsp3) is 0.538. The number of ketones is 1. The van der Waals surface area contributed by atoms with E-state index in [1.807, 2.05) is 32.9 Å². The van der Waals surface area contributed by atoms with Crippen LogP contribution in [0.25, 0.3) is 0 Å². The predicted octanol–water partition coefficient (Wildman–Crippen LogP) is 4.23. The summed E-state index contributed by atoms with van der Waals surface area (Å²) in [7, 11) is 0. The van der Waals surface area contributed by atoms with E-state index in [1.54, 1.807) is 44.2 Å². The zero-order valence-electron chi connectivity index (χ0n) is 19.5. The molecule has 0 aromatic rings. The fourth-order valence-corrected chi connectivity index (χ4v) is 3.98. The monoisotopic (exact) mass is 428 g/mol. The fourth-order valence-electron chi connectivity index (χ4n) is 3.98. The van der Waals surface area contributed by atoms with E-state index in [0.29, 0.717) is 12.8 Å². The Kier molecular flexibility index (Phi) is 8.38. The van der Waals surface area contributed by atoms with Crippen LogP contribution in [-0.4, -0.2) is 40.3 Å². The van der Waals surface area contributed by atoms with Gasteiger partial charge in [-0.25, -0.2) is 0 Å². The number of aliphatic hydroxyl groups is 2. The van der Waals surface area contributed by atoms with Crippen LogP contribution in [-0.2, 0) is 14.3 Å². The van der Waals surface area contributed by atoms with Crippen molar-refractivity contribution < 1.29 is 24.5 Å². The third kappa shape index (κ3) is 5.92. The standard InChI is InChI=1S/C26H36O5/c1-16(2)21-15-26(6)19(5)24(13-12-20(26)14-23(21)29)31-25(30)18(4)22(28)11-9-7-8-10-17(3)27/h7-9,11-14,17-19,22,24,27-28H,10,15H2,1-6H3/b8-7+,11-9+/t17?,18?,19-,22?,24+,26+/m0/s1. The Labute approximate surface area is 185 Å². The average Bonchev–Trinajstić information content (AvgIpc) is 2.70. The van der Waals surface area contributed by atoms with Crippen molar-refractivity contribution >= 4 is 11.8 Å². The van der Waals surface area contributed by atoms with E-state index in [9.17, 15) is 19.8 Å². The molecule has 2 rings (SSSR count). The summed E-state index contributed by atoms with van der Waals surface area (Å²) in [5, 5.41) is 19.5. The van der Waals surface area contributed by atoms with Crippen LogP contribution in [0, 0.1) is 17.3 Å². The minimum absolute atomic E-state index is 0.0153. The van der Waals surface area contributed by atoms with Crippen molar-refractivity contribution in [2.75, 3.05) is 0 Å². The minimum atomic E-state index is -0.970. The first-order chi connectivity index (χ1) is 14.5. The Bertz CT molecular complexity index is 838. The zero-order valence-corrected chi connectivity index (χ0v) is 19.5. The summed E-state index contributed by atoms with van der Waals surface area (Å²) in [6.45, 7) is 11.4. The van der Waals surface area contributed by atoms with Gasteiger partial charge in [0.15, 0.2) is 5.78 Å². The maximum Gasteiger partial charge on any atom is 0.312 e. The van der Waals surface area contributed by atoms with Crippen LogP contribution in [0.1, 0.15) is 54.4 Å². The SMILES string of the molecule is CC(C)=C1C[C@@]2(C)C(=CC1=O)C=C[C@@H](OC(=O)C(C)C(O)/C=C/C=C/CC(C)O)[C@@H]2C. The molecule has 5 nitrogen and oxygen atoms in total. The maximum absolute atomic E-state index is 12.7. The largest absolute Gasteiger partial charge is 0.458 e. The van der Waals surface area contributed by atoms with Gasteiger partial charge in [0, 0.05) is 11.3 Å². The Balaban J connectivity index is 2.07.